The Hall–Kier alpha value is -5.68. The van der Waals surface area contributed by atoms with Crippen molar-refractivity contribution in [3.05, 3.63) is 133 Å². The van der Waals surface area contributed by atoms with Crippen molar-refractivity contribution in [2.45, 2.75) is 0 Å². The molecule has 0 unspecified atom stereocenters. The predicted molar refractivity (Wildman–Crippen MR) is 166 cm³/mol. The molecule has 8 rings (SSSR count). The molecule has 0 saturated carbocycles. The molecule has 0 bridgehead atoms. The van der Waals surface area contributed by atoms with Crippen LogP contribution in [0.5, 0.6) is 0 Å². The minimum atomic E-state index is 0.631. The van der Waals surface area contributed by atoms with Crippen LogP contribution in [0.3, 0.4) is 0 Å². The van der Waals surface area contributed by atoms with Crippen LogP contribution < -0.4 is 0 Å². The van der Waals surface area contributed by atoms with E-state index in [0.29, 0.717) is 17.5 Å². The standard InChI is InChI=1S/C36H23N5/c1-3-11-24(12-4-1)34-39-35(25-13-5-2-6-14-25)41-36(40-34)26-21-19-23(20-22-26)32-33-31(27-15-7-9-17-29(27)37-32)28-16-8-10-18-30(28)38-33/h1-22,38H. The van der Waals surface area contributed by atoms with Gasteiger partial charge in [-0.3, -0.25) is 0 Å². The van der Waals surface area contributed by atoms with Gasteiger partial charge in [-0.05, 0) is 12.1 Å². The van der Waals surface area contributed by atoms with Gasteiger partial charge in [0.1, 0.15) is 0 Å². The van der Waals surface area contributed by atoms with Crippen LogP contribution in [-0.2, 0) is 0 Å². The van der Waals surface area contributed by atoms with Crippen molar-refractivity contribution in [2.24, 2.45) is 0 Å². The third-order valence-corrected chi connectivity index (χ3v) is 7.46. The topological polar surface area (TPSA) is 67.3 Å². The monoisotopic (exact) mass is 525 g/mol. The van der Waals surface area contributed by atoms with Gasteiger partial charge in [-0.25, -0.2) is 19.9 Å². The number of aromatic nitrogens is 5. The van der Waals surface area contributed by atoms with Gasteiger partial charge in [0.25, 0.3) is 0 Å². The lowest BCUT2D eigenvalue weighted by atomic mass is 10.0. The summed E-state index contributed by atoms with van der Waals surface area (Å²) in [5.41, 5.74) is 7.88. The summed E-state index contributed by atoms with van der Waals surface area (Å²) in [6.45, 7) is 0. The van der Waals surface area contributed by atoms with E-state index in [1.807, 2.05) is 66.7 Å². The zero-order valence-electron chi connectivity index (χ0n) is 22.0. The second-order valence-electron chi connectivity index (χ2n) is 10.0. The van der Waals surface area contributed by atoms with Crippen molar-refractivity contribution in [3.8, 4) is 45.4 Å². The molecule has 3 heterocycles. The molecule has 0 fully saturated rings. The first-order chi connectivity index (χ1) is 20.3. The van der Waals surface area contributed by atoms with E-state index >= 15 is 0 Å². The molecule has 192 valence electrons. The van der Waals surface area contributed by atoms with Gasteiger partial charge in [0.05, 0.1) is 16.7 Å². The fourth-order valence-corrected chi connectivity index (χ4v) is 5.48. The summed E-state index contributed by atoms with van der Waals surface area (Å²) >= 11 is 0. The highest BCUT2D eigenvalue weighted by Crippen LogP contribution is 2.37. The van der Waals surface area contributed by atoms with Crippen LogP contribution >= 0.6 is 0 Å². The second kappa shape index (κ2) is 9.50. The summed E-state index contributed by atoms with van der Waals surface area (Å²) in [7, 11) is 0. The Morgan fingerprint density at radius 3 is 1.51 bits per heavy atom. The van der Waals surface area contributed by atoms with Gasteiger partial charge in [0.15, 0.2) is 17.5 Å². The summed E-state index contributed by atoms with van der Waals surface area (Å²) in [4.78, 5) is 23.3. The number of benzene rings is 5. The molecule has 5 aromatic carbocycles. The molecule has 5 heteroatoms. The lowest BCUT2D eigenvalue weighted by Gasteiger charge is -2.10. The maximum Gasteiger partial charge on any atom is 0.164 e. The van der Waals surface area contributed by atoms with Gasteiger partial charge >= 0.3 is 0 Å². The van der Waals surface area contributed by atoms with Crippen molar-refractivity contribution in [1.29, 1.82) is 0 Å². The Labute approximate surface area is 236 Å². The second-order valence-corrected chi connectivity index (χ2v) is 10.0. The number of para-hydroxylation sites is 2. The number of nitrogens with one attached hydrogen (secondary N) is 1. The molecule has 8 aromatic rings. The predicted octanol–water partition coefficient (Wildman–Crippen LogP) is 8.72. The third kappa shape index (κ3) is 4.03. The van der Waals surface area contributed by atoms with Crippen molar-refractivity contribution >= 4 is 32.7 Å². The van der Waals surface area contributed by atoms with Crippen molar-refractivity contribution in [2.75, 3.05) is 0 Å². The maximum absolute atomic E-state index is 5.11. The number of nitrogens with zero attached hydrogens (tertiary/aromatic N) is 4. The summed E-state index contributed by atoms with van der Waals surface area (Å²) in [6.07, 6.45) is 0. The van der Waals surface area contributed by atoms with Crippen molar-refractivity contribution < 1.29 is 0 Å². The Morgan fingerprint density at radius 1 is 0.390 bits per heavy atom. The van der Waals surface area contributed by atoms with E-state index in [2.05, 4.69) is 71.7 Å². The van der Waals surface area contributed by atoms with Crippen LogP contribution in [-0.4, -0.2) is 24.9 Å². The van der Waals surface area contributed by atoms with Crippen LogP contribution in [0.4, 0.5) is 0 Å². The fraction of sp³-hybridized carbons (Fsp3) is 0. The number of hydrogen-bond acceptors (Lipinski definition) is 4. The van der Waals surface area contributed by atoms with Gasteiger partial charge < -0.3 is 4.98 Å². The molecular weight excluding hydrogens is 502 g/mol. The molecular formula is C36H23N5. The molecule has 0 aliphatic carbocycles. The quantitative estimate of drug-likeness (QED) is 0.249. The van der Waals surface area contributed by atoms with Crippen LogP contribution in [0.2, 0.25) is 0 Å². The third-order valence-electron chi connectivity index (χ3n) is 7.46. The summed E-state index contributed by atoms with van der Waals surface area (Å²) in [6, 6.07) is 45.2. The Kier molecular flexibility index (Phi) is 5.38. The smallest absolute Gasteiger partial charge is 0.164 e. The first-order valence-electron chi connectivity index (χ1n) is 13.6. The molecule has 0 amide bonds. The molecule has 0 saturated heterocycles. The van der Waals surface area contributed by atoms with E-state index in [4.69, 9.17) is 19.9 Å². The van der Waals surface area contributed by atoms with Crippen LogP contribution in [0.15, 0.2) is 133 Å². The molecule has 0 radical (unpaired) electrons. The molecule has 0 atom stereocenters. The highest BCUT2D eigenvalue weighted by Gasteiger charge is 2.16. The van der Waals surface area contributed by atoms with E-state index in [1.54, 1.807) is 0 Å². The fourth-order valence-electron chi connectivity index (χ4n) is 5.48. The SMILES string of the molecule is c1ccc(-c2nc(-c3ccccc3)nc(-c3ccc(-c4nc5ccccc5c5c4[nH]c4ccccc45)cc3)n2)cc1. The first-order valence-corrected chi connectivity index (χ1v) is 13.6. The van der Waals surface area contributed by atoms with Gasteiger partial charge in [-0.2, -0.15) is 0 Å². The first kappa shape index (κ1) is 23.2. The van der Waals surface area contributed by atoms with Gasteiger partial charge in [-0.1, -0.05) is 121 Å². The van der Waals surface area contributed by atoms with Crippen LogP contribution in [0.1, 0.15) is 0 Å². The van der Waals surface area contributed by atoms with Gasteiger partial charge in [0.2, 0.25) is 0 Å². The lowest BCUT2D eigenvalue weighted by Crippen LogP contribution is -2.00. The number of rotatable bonds is 4. The maximum atomic E-state index is 5.11. The largest absolute Gasteiger partial charge is 0.353 e. The molecule has 3 aromatic heterocycles. The number of hydrogen-bond donors (Lipinski definition) is 1. The van der Waals surface area contributed by atoms with Crippen LogP contribution in [0, 0.1) is 0 Å². The lowest BCUT2D eigenvalue weighted by molar-refractivity contribution is 1.07. The van der Waals surface area contributed by atoms with E-state index in [0.717, 1.165) is 49.9 Å². The summed E-state index contributed by atoms with van der Waals surface area (Å²) in [5.74, 6) is 1.93. The number of H-pyrrole nitrogens is 1. The highest BCUT2D eigenvalue weighted by molar-refractivity contribution is 6.22. The average molecular weight is 526 g/mol. The Morgan fingerprint density at radius 2 is 0.878 bits per heavy atom. The zero-order chi connectivity index (χ0) is 27.2. The van der Waals surface area contributed by atoms with Crippen molar-refractivity contribution in [1.82, 2.24) is 24.9 Å². The van der Waals surface area contributed by atoms with E-state index < -0.39 is 0 Å². The van der Waals surface area contributed by atoms with E-state index in [9.17, 15) is 0 Å². The summed E-state index contributed by atoms with van der Waals surface area (Å²) in [5, 5.41) is 3.54. The minimum Gasteiger partial charge on any atom is -0.353 e. The van der Waals surface area contributed by atoms with Crippen molar-refractivity contribution in [3.63, 3.8) is 0 Å². The van der Waals surface area contributed by atoms with Crippen LogP contribution in [0.25, 0.3) is 78.1 Å². The molecule has 41 heavy (non-hydrogen) atoms. The Balaban J connectivity index is 1.28. The molecule has 5 nitrogen and oxygen atoms in total. The summed E-state index contributed by atoms with van der Waals surface area (Å²) < 4.78 is 0. The van der Waals surface area contributed by atoms with Gasteiger partial charge in [0, 0.05) is 43.9 Å². The molecule has 0 aliphatic heterocycles. The van der Waals surface area contributed by atoms with Gasteiger partial charge in [-0.15, -0.1) is 0 Å². The Bertz CT molecular complexity index is 2130. The zero-order valence-corrected chi connectivity index (χ0v) is 22.0. The minimum absolute atomic E-state index is 0.631. The molecule has 0 spiro atoms. The highest BCUT2D eigenvalue weighted by atomic mass is 15.0. The normalized spacial score (nSPS) is 11.4. The van der Waals surface area contributed by atoms with E-state index in [-0.39, 0.29) is 0 Å². The number of pyridine rings is 1. The van der Waals surface area contributed by atoms with E-state index in [1.165, 1.54) is 10.8 Å². The molecule has 1 N–H and O–H groups in total. The average Bonchev–Trinajstić information content (AvgIpc) is 3.45. The molecule has 0 aliphatic rings. The number of fused-ring (bicyclic) bond motifs is 5. The number of aromatic amines is 1.